The zero-order valence-corrected chi connectivity index (χ0v) is 11.5. The van der Waals surface area contributed by atoms with Crippen molar-refractivity contribution in [2.45, 2.75) is 25.4 Å². The van der Waals surface area contributed by atoms with Crippen molar-refractivity contribution >= 4 is 24.0 Å². The number of carboxylic acid groups (broad SMARTS) is 1. The maximum atomic E-state index is 13.6. The summed E-state index contributed by atoms with van der Waals surface area (Å²) >= 11 is 5.66. The van der Waals surface area contributed by atoms with Crippen LogP contribution in [0.15, 0.2) is 18.2 Å². The van der Waals surface area contributed by atoms with Crippen LogP contribution in [0.25, 0.3) is 0 Å². The third-order valence-corrected chi connectivity index (χ3v) is 2.99. The minimum absolute atomic E-state index is 0.0467. The van der Waals surface area contributed by atoms with Crippen LogP contribution in [0.3, 0.4) is 0 Å². The van der Waals surface area contributed by atoms with Crippen LogP contribution in [0.5, 0.6) is 0 Å². The summed E-state index contributed by atoms with van der Waals surface area (Å²) in [6, 6.07) is 4.29. The van der Waals surface area contributed by atoms with Crippen LogP contribution in [0.4, 0.5) is 9.18 Å². The normalized spacial score (nSPS) is 11.9. The molecule has 0 fully saturated rings. The molecule has 20 heavy (non-hydrogen) atoms. The summed E-state index contributed by atoms with van der Waals surface area (Å²) in [5, 5.41) is 14.0. The average molecular weight is 303 g/mol. The van der Waals surface area contributed by atoms with Crippen LogP contribution in [-0.2, 0) is 11.3 Å². The second-order valence-corrected chi connectivity index (χ2v) is 4.64. The Kier molecular flexibility index (Phi) is 6.97. The van der Waals surface area contributed by atoms with E-state index in [4.69, 9.17) is 16.7 Å². The smallest absolute Gasteiger partial charge is 0.404 e. The van der Waals surface area contributed by atoms with Crippen LogP contribution >= 0.6 is 11.6 Å². The predicted octanol–water partition coefficient (Wildman–Crippen LogP) is 2.18. The molecule has 0 saturated heterocycles. The minimum Gasteiger partial charge on any atom is -0.465 e. The van der Waals surface area contributed by atoms with Crippen LogP contribution < -0.4 is 10.6 Å². The van der Waals surface area contributed by atoms with Crippen molar-refractivity contribution in [1.82, 2.24) is 10.6 Å². The summed E-state index contributed by atoms with van der Waals surface area (Å²) in [6.07, 6.45) is 0.225. The molecule has 110 valence electrons. The number of nitrogens with one attached hydrogen (secondary N) is 2. The largest absolute Gasteiger partial charge is 0.465 e. The molecule has 0 saturated carbocycles. The van der Waals surface area contributed by atoms with E-state index in [-0.39, 0.29) is 18.0 Å². The van der Waals surface area contributed by atoms with E-state index >= 15 is 0 Å². The van der Waals surface area contributed by atoms with Gasteiger partial charge < -0.3 is 20.5 Å². The Labute approximate surface area is 121 Å². The van der Waals surface area contributed by atoms with Crippen molar-refractivity contribution in [3.63, 3.8) is 0 Å². The molecule has 0 aliphatic carbocycles. The van der Waals surface area contributed by atoms with E-state index in [1.54, 1.807) is 12.1 Å². The first-order valence-electron chi connectivity index (χ1n) is 6.11. The number of hydrogen-bond donors (Lipinski definition) is 3. The molecule has 0 aliphatic rings. The van der Waals surface area contributed by atoms with Crippen molar-refractivity contribution in [3.8, 4) is 0 Å². The van der Waals surface area contributed by atoms with E-state index < -0.39 is 18.0 Å². The fourth-order valence-corrected chi connectivity index (χ4v) is 1.93. The summed E-state index contributed by atoms with van der Waals surface area (Å²) in [5.41, 5.74) is 0.405. The number of aldehydes is 1. The molecule has 0 aromatic heterocycles. The highest BCUT2D eigenvalue weighted by Gasteiger charge is 2.11. The molecular formula is C13H16ClFN2O3. The fourth-order valence-electron chi connectivity index (χ4n) is 1.74. The molecule has 1 aromatic carbocycles. The van der Waals surface area contributed by atoms with Gasteiger partial charge in [0.2, 0.25) is 0 Å². The quantitative estimate of drug-likeness (QED) is 0.643. The number of rotatable bonds is 8. The molecule has 0 bridgehead atoms. The lowest BCUT2D eigenvalue weighted by Gasteiger charge is -2.16. The summed E-state index contributed by atoms with van der Waals surface area (Å²) in [7, 11) is 0. The Hall–Kier alpha value is -1.66. The lowest BCUT2D eigenvalue weighted by Crippen LogP contribution is -2.41. The first kappa shape index (κ1) is 16.4. The van der Waals surface area contributed by atoms with Gasteiger partial charge in [0.05, 0.1) is 5.02 Å². The monoisotopic (exact) mass is 302 g/mol. The first-order chi connectivity index (χ1) is 9.54. The van der Waals surface area contributed by atoms with Crippen LogP contribution in [-0.4, -0.2) is 30.1 Å². The molecule has 7 heteroatoms. The Morgan fingerprint density at radius 1 is 1.50 bits per heavy atom. The zero-order valence-electron chi connectivity index (χ0n) is 10.7. The zero-order chi connectivity index (χ0) is 15.0. The van der Waals surface area contributed by atoms with Gasteiger partial charge in [0.25, 0.3) is 0 Å². The minimum atomic E-state index is -1.16. The lowest BCUT2D eigenvalue weighted by molar-refractivity contribution is -0.108. The van der Waals surface area contributed by atoms with Gasteiger partial charge in [0, 0.05) is 31.1 Å². The highest BCUT2D eigenvalue weighted by molar-refractivity contribution is 6.30. The van der Waals surface area contributed by atoms with E-state index in [9.17, 15) is 14.0 Å². The average Bonchev–Trinajstić information content (AvgIpc) is 2.40. The van der Waals surface area contributed by atoms with Gasteiger partial charge in [-0.2, -0.15) is 0 Å². The molecule has 0 spiro atoms. The Balaban J connectivity index is 2.48. The van der Waals surface area contributed by atoms with E-state index in [1.165, 1.54) is 6.07 Å². The van der Waals surface area contributed by atoms with Crippen LogP contribution in [0, 0.1) is 5.82 Å². The molecule has 1 rings (SSSR count). The van der Waals surface area contributed by atoms with E-state index in [2.05, 4.69) is 10.6 Å². The van der Waals surface area contributed by atoms with Crippen LogP contribution in [0.2, 0.25) is 5.02 Å². The van der Waals surface area contributed by atoms with E-state index in [0.717, 1.165) is 6.29 Å². The fraction of sp³-hybridized carbons (Fsp3) is 0.385. The number of halogens is 2. The van der Waals surface area contributed by atoms with Gasteiger partial charge in [-0.15, -0.1) is 0 Å². The molecule has 1 aromatic rings. The van der Waals surface area contributed by atoms with Crippen molar-refractivity contribution in [1.29, 1.82) is 0 Å². The molecule has 0 aliphatic heterocycles. The van der Waals surface area contributed by atoms with Crippen molar-refractivity contribution in [2.24, 2.45) is 0 Å². The SMILES string of the molecule is O=CCCC(CNCc1cccc(Cl)c1F)NC(=O)O. The molecule has 1 unspecified atom stereocenters. The number of carbonyl (C=O) groups is 2. The number of carbonyl (C=O) groups excluding carboxylic acids is 1. The van der Waals surface area contributed by atoms with Crippen LogP contribution in [0.1, 0.15) is 18.4 Å². The number of benzene rings is 1. The Morgan fingerprint density at radius 2 is 2.25 bits per heavy atom. The molecule has 1 atom stereocenters. The molecule has 5 nitrogen and oxygen atoms in total. The van der Waals surface area contributed by atoms with Gasteiger partial charge >= 0.3 is 6.09 Å². The number of hydrogen-bond acceptors (Lipinski definition) is 3. The van der Waals surface area contributed by atoms with Gasteiger partial charge in [-0.3, -0.25) is 0 Å². The first-order valence-corrected chi connectivity index (χ1v) is 6.49. The summed E-state index contributed by atoms with van der Waals surface area (Å²) in [4.78, 5) is 20.9. The highest BCUT2D eigenvalue weighted by Crippen LogP contribution is 2.17. The Morgan fingerprint density at radius 3 is 2.90 bits per heavy atom. The maximum Gasteiger partial charge on any atom is 0.404 e. The van der Waals surface area contributed by atoms with Crippen molar-refractivity contribution in [2.75, 3.05) is 6.54 Å². The van der Waals surface area contributed by atoms with Gasteiger partial charge in [-0.25, -0.2) is 9.18 Å². The third-order valence-electron chi connectivity index (χ3n) is 2.70. The second-order valence-electron chi connectivity index (χ2n) is 4.23. The van der Waals surface area contributed by atoms with Gasteiger partial charge in [0.15, 0.2) is 0 Å². The third kappa shape index (κ3) is 5.54. The standard InChI is InChI=1S/C13H16ClFN2O3/c14-11-5-1-3-9(12(11)15)7-16-8-10(4-2-6-18)17-13(19)20/h1,3,5-6,10,16-17H,2,4,7-8H2,(H,19,20). The molecule has 3 N–H and O–H groups in total. The lowest BCUT2D eigenvalue weighted by atomic mass is 10.1. The van der Waals surface area contributed by atoms with E-state index in [0.29, 0.717) is 18.5 Å². The number of amides is 1. The predicted molar refractivity (Wildman–Crippen MR) is 73.4 cm³/mol. The summed E-state index contributed by atoms with van der Waals surface area (Å²) < 4.78 is 13.6. The molecule has 0 radical (unpaired) electrons. The summed E-state index contributed by atoms with van der Waals surface area (Å²) in [5.74, 6) is -0.489. The van der Waals surface area contributed by atoms with Crippen molar-refractivity contribution < 1.29 is 19.1 Å². The van der Waals surface area contributed by atoms with Crippen molar-refractivity contribution in [3.05, 3.63) is 34.6 Å². The van der Waals surface area contributed by atoms with Gasteiger partial charge in [0.1, 0.15) is 12.1 Å². The highest BCUT2D eigenvalue weighted by atomic mass is 35.5. The summed E-state index contributed by atoms with van der Waals surface area (Å²) in [6.45, 7) is 0.525. The molecule has 1 amide bonds. The van der Waals surface area contributed by atoms with Gasteiger partial charge in [-0.1, -0.05) is 23.7 Å². The van der Waals surface area contributed by atoms with E-state index in [1.807, 2.05) is 0 Å². The Bertz CT molecular complexity index is 471. The molecular weight excluding hydrogens is 287 g/mol. The van der Waals surface area contributed by atoms with Gasteiger partial charge in [-0.05, 0) is 12.5 Å². The second kappa shape index (κ2) is 8.50. The molecule has 0 heterocycles. The maximum absolute atomic E-state index is 13.6. The topological polar surface area (TPSA) is 78.4 Å².